The van der Waals surface area contributed by atoms with Crippen LogP contribution in [0.25, 0.3) is 0 Å². The fourth-order valence-corrected chi connectivity index (χ4v) is 6.29. The van der Waals surface area contributed by atoms with Crippen LogP contribution in [0, 0.1) is 0 Å². The molecule has 2 N–H and O–H groups in total. The van der Waals surface area contributed by atoms with Gasteiger partial charge in [-0.15, -0.1) is 0 Å². The number of carbonyl (C=O) groups is 4. The van der Waals surface area contributed by atoms with Crippen molar-refractivity contribution in [3.05, 3.63) is 59.7 Å². The van der Waals surface area contributed by atoms with Crippen LogP contribution in [0.2, 0.25) is 0 Å². The molecular formula is C42H64N2O10. The van der Waals surface area contributed by atoms with Crippen molar-refractivity contribution < 1.29 is 47.6 Å². The lowest BCUT2D eigenvalue weighted by Gasteiger charge is -2.50. The Morgan fingerprint density at radius 2 is 0.889 bits per heavy atom. The number of carbonyl (C=O) groups excluding carboxylic acids is 4. The van der Waals surface area contributed by atoms with Gasteiger partial charge in [0.2, 0.25) is 0 Å². The molecule has 12 nitrogen and oxygen atoms in total. The molecular weight excluding hydrogens is 692 g/mol. The first-order valence-corrected chi connectivity index (χ1v) is 19.4. The van der Waals surface area contributed by atoms with Crippen LogP contribution in [0.15, 0.2) is 48.5 Å². The number of unbranched alkanes of at least 4 members (excludes halogenated alkanes) is 8. The number of nitrogens with one attached hydrogen (secondary N) is 2. The van der Waals surface area contributed by atoms with Gasteiger partial charge in [0.1, 0.15) is 35.8 Å². The zero-order valence-electron chi connectivity index (χ0n) is 33.4. The summed E-state index contributed by atoms with van der Waals surface area (Å²) in [4.78, 5) is 51.0. The molecule has 12 heteroatoms. The topological polar surface area (TPSA) is 148 Å². The van der Waals surface area contributed by atoms with Crippen LogP contribution in [0.3, 0.4) is 0 Å². The fourth-order valence-electron chi connectivity index (χ4n) is 6.29. The molecule has 302 valence electrons. The molecule has 0 heterocycles. The first-order valence-electron chi connectivity index (χ1n) is 19.4. The number of rotatable bonds is 27. The second kappa shape index (κ2) is 25.5. The molecule has 0 aliphatic heterocycles. The standard InChI is InChI=1S/C42H64N2O10/c1-7-9-11-13-15-29-51-37-21-17-35(18-22-37)25-27-41(31-53-33(3)45,43-39(47)49-5)42(32-54-34(4)46,44-40(48)50-6)28-26-36-19-23-38(24-20-36)52-30-16-14-12-10-8-2/h17-24H,7-16,25-32H2,1-6H3,(H,43,47)(H,44,48). The molecule has 2 aromatic rings. The highest BCUT2D eigenvalue weighted by Crippen LogP contribution is 2.35. The van der Waals surface area contributed by atoms with Gasteiger partial charge in [0.25, 0.3) is 0 Å². The summed E-state index contributed by atoms with van der Waals surface area (Å²) in [5, 5.41) is 5.80. The third kappa shape index (κ3) is 16.7. The van der Waals surface area contributed by atoms with Gasteiger partial charge < -0.3 is 39.1 Å². The summed E-state index contributed by atoms with van der Waals surface area (Å²) < 4.78 is 33.3. The van der Waals surface area contributed by atoms with E-state index in [2.05, 4.69) is 24.5 Å². The predicted octanol–water partition coefficient (Wildman–Crippen LogP) is 8.27. The first-order chi connectivity index (χ1) is 26.0. The monoisotopic (exact) mass is 756 g/mol. The maximum Gasteiger partial charge on any atom is 0.407 e. The minimum absolute atomic E-state index is 0.128. The highest BCUT2D eigenvalue weighted by atomic mass is 16.6. The average Bonchev–Trinajstić information content (AvgIpc) is 3.17. The van der Waals surface area contributed by atoms with Gasteiger partial charge in [-0.25, -0.2) is 9.59 Å². The maximum atomic E-state index is 13.2. The minimum atomic E-state index is -1.57. The number of alkyl carbamates (subject to hydrolysis) is 2. The van der Waals surface area contributed by atoms with E-state index in [1.54, 1.807) is 0 Å². The zero-order valence-corrected chi connectivity index (χ0v) is 33.4. The summed E-state index contributed by atoms with van der Waals surface area (Å²) in [6.45, 7) is 7.37. The number of amides is 2. The van der Waals surface area contributed by atoms with Gasteiger partial charge in [0.05, 0.1) is 27.4 Å². The van der Waals surface area contributed by atoms with E-state index in [1.807, 2.05) is 48.5 Å². The molecule has 0 aliphatic rings. The van der Waals surface area contributed by atoms with E-state index in [4.69, 9.17) is 28.4 Å². The number of benzene rings is 2. The highest BCUT2D eigenvalue weighted by molar-refractivity contribution is 5.72. The van der Waals surface area contributed by atoms with Crippen molar-refractivity contribution in [2.24, 2.45) is 0 Å². The second-order valence-electron chi connectivity index (χ2n) is 13.8. The normalized spacial score (nSPS) is 13.1. The maximum absolute atomic E-state index is 13.2. The third-order valence-electron chi connectivity index (χ3n) is 9.57. The Morgan fingerprint density at radius 3 is 1.20 bits per heavy atom. The molecule has 2 aromatic carbocycles. The van der Waals surface area contributed by atoms with Crippen molar-refractivity contribution in [3.63, 3.8) is 0 Å². The molecule has 2 rings (SSSR count). The van der Waals surface area contributed by atoms with Crippen LogP contribution in [-0.4, -0.2) is 75.9 Å². The van der Waals surface area contributed by atoms with E-state index in [9.17, 15) is 19.2 Å². The van der Waals surface area contributed by atoms with E-state index < -0.39 is 35.2 Å². The molecule has 2 atom stereocenters. The number of methoxy groups -OCH3 is 2. The van der Waals surface area contributed by atoms with Gasteiger partial charge >= 0.3 is 24.1 Å². The van der Waals surface area contributed by atoms with Crippen LogP contribution >= 0.6 is 0 Å². The number of aryl methyl sites for hydroxylation is 2. The van der Waals surface area contributed by atoms with Crippen molar-refractivity contribution >= 4 is 24.1 Å². The first kappa shape index (κ1) is 45.7. The molecule has 54 heavy (non-hydrogen) atoms. The Labute approximate surface area is 322 Å². The van der Waals surface area contributed by atoms with Crippen molar-refractivity contribution in [1.29, 1.82) is 0 Å². The molecule has 0 saturated carbocycles. The predicted molar refractivity (Wildman–Crippen MR) is 208 cm³/mol. The van der Waals surface area contributed by atoms with Gasteiger partial charge in [-0.3, -0.25) is 9.59 Å². The lowest BCUT2D eigenvalue weighted by Crippen LogP contribution is -2.75. The minimum Gasteiger partial charge on any atom is -0.494 e. The van der Waals surface area contributed by atoms with Gasteiger partial charge in [0, 0.05) is 13.8 Å². The Bertz CT molecular complexity index is 1280. The Hall–Kier alpha value is -4.48. The Morgan fingerprint density at radius 1 is 0.537 bits per heavy atom. The molecule has 0 aromatic heterocycles. The summed E-state index contributed by atoms with van der Waals surface area (Å²) in [5.74, 6) is 0.270. The van der Waals surface area contributed by atoms with Crippen LogP contribution < -0.4 is 20.1 Å². The lowest BCUT2D eigenvalue weighted by molar-refractivity contribution is -0.151. The van der Waals surface area contributed by atoms with Gasteiger partial charge in [-0.05, 0) is 73.9 Å². The van der Waals surface area contributed by atoms with Crippen molar-refractivity contribution in [1.82, 2.24) is 10.6 Å². The number of esters is 2. The van der Waals surface area contributed by atoms with E-state index >= 15 is 0 Å². The molecule has 0 spiro atoms. The largest absolute Gasteiger partial charge is 0.494 e. The van der Waals surface area contributed by atoms with E-state index in [0.717, 1.165) is 48.3 Å². The SMILES string of the molecule is CCCCCCCOc1ccc(CCC(COC(C)=O)(NC(=O)OC)C(CCc2ccc(OCCCCCCC)cc2)(COC(C)=O)NC(=O)OC)cc1. The smallest absolute Gasteiger partial charge is 0.407 e. The summed E-state index contributed by atoms with van der Waals surface area (Å²) in [6, 6.07) is 15.3. The molecule has 2 unspecified atom stereocenters. The summed E-state index contributed by atoms with van der Waals surface area (Å²) in [6.07, 6.45) is 10.7. The summed E-state index contributed by atoms with van der Waals surface area (Å²) in [7, 11) is 2.43. The van der Waals surface area contributed by atoms with Gasteiger partial charge in [0.15, 0.2) is 0 Å². The van der Waals surface area contributed by atoms with Crippen LogP contribution in [-0.2, 0) is 41.4 Å². The van der Waals surface area contributed by atoms with Crippen molar-refractivity contribution in [2.45, 2.75) is 129 Å². The fraction of sp³-hybridized carbons (Fsp3) is 0.619. The second-order valence-corrected chi connectivity index (χ2v) is 13.8. The Kier molecular flexibility index (Phi) is 21.6. The lowest BCUT2D eigenvalue weighted by atomic mass is 9.70. The van der Waals surface area contributed by atoms with Crippen molar-refractivity contribution in [2.75, 3.05) is 40.6 Å². The summed E-state index contributed by atoms with van der Waals surface area (Å²) >= 11 is 0. The molecule has 0 radical (unpaired) electrons. The van der Waals surface area contributed by atoms with E-state index in [1.165, 1.54) is 66.6 Å². The van der Waals surface area contributed by atoms with Crippen molar-refractivity contribution in [3.8, 4) is 11.5 Å². The zero-order chi connectivity index (χ0) is 39.7. The number of ether oxygens (including phenoxy) is 6. The van der Waals surface area contributed by atoms with E-state index in [-0.39, 0.29) is 26.1 Å². The van der Waals surface area contributed by atoms with Gasteiger partial charge in [-0.2, -0.15) is 0 Å². The summed E-state index contributed by atoms with van der Waals surface area (Å²) in [5.41, 5.74) is -1.34. The molecule has 0 aliphatic carbocycles. The average molecular weight is 757 g/mol. The molecule has 2 amide bonds. The highest BCUT2D eigenvalue weighted by Gasteiger charge is 2.55. The van der Waals surface area contributed by atoms with Crippen LogP contribution in [0.5, 0.6) is 11.5 Å². The number of hydrogen-bond donors (Lipinski definition) is 2. The molecule has 0 saturated heterocycles. The van der Waals surface area contributed by atoms with Crippen LogP contribution in [0.4, 0.5) is 9.59 Å². The van der Waals surface area contributed by atoms with Gasteiger partial charge in [-0.1, -0.05) is 89.5 Å². The Balaban J connectivity index is 2.46. The van der Waals surface area contributed by atoms with E-state index in [0.29, 0.717) is 26.1 Å². The molecule has 0 bridgehead atoms. The molecule has 0 fully saturated rings. The van der Waals surface area contributed by atoms with Crippen LogP contribution in [0.1, 0.15) is 116 Å². The quantitative estimate of drug-likeness (QED) is 0.0519. The number of hydrogen-bond acceptors (Lipinski definition) is 10. The third-order valence-corrected chi connectivity index (χ3v) is 9.57.